The predicted octanol–water partition coefficient (Wildman–Crippen LogP) is 3.60. The van der Waals surface area contributed by atoms with E-state index in [9.17, 15) is 15.0 Å². The largest absolute Gasteiger partial charge is 0.478 e. The molecule has 3 N–H and O–H groups in total. The number of carbonyl (C=O) groups is 1. The number of carboxylic acids is 1. The average molecular weight is 377 g/mol. The van der Waals surface area contributed by atoms with Crippen LogP contribution in [-0.4, -0.2) is 37.8 Å². The summed E-state index contributed by atoms with van der Waals surface area (Å²) in [4.78, 5) is 13.9. The number of aliphatic hydroxyl groups excluding tert-OH is 1. The van der Waals surface area contributed by atoms with Crippen LogP contribution in [0.5, 0.6) is 0 Å². The summed E-state index contributed by atoms with van der Waals surface area (Å²) in [5.74, 6) is -0.916. The molecule has 6 nitrogen and oxygen atoms in total. The number of benzene rings is 2. The summed E-state index contributed by atoms with van der Waals surface area (Å²) in [6.07, 6.45) is 2.18. The fourth-order valence-corrected chi connectivity index (χ4v) is 3.93. The Balaban J connectivity index is 1.51. The zero-order chi connectivity index (χ0) is 19.5. The van der Waals surface area contributed by atoms with Crippen molar-refractivity contribution in [3.05, 3.63) is 77.1 Å². The van der Waals surface area contributed by atoms with Crippen molar-refractivity contribution >= 4 is 5.97 Å². The van der Waals surface area contributed by atoms with E-state index in [0.29, 0.717) is 5.56 Å². The van der Waals surface area contributed by atoms with E-state index in [1.54, 1.807) is 12.1 Å². The third kappa shape index (κ3) is 3.69. The molecule has 2 aromatic carbocycles. The maximum absolute atomic E-state index is 11.5. The van der Waals surface area contributed by atoms with Crippen LogP contribution < -0.4 is 0 Å². The summed E-state index contributed by atoms with van der Waals surface area (Å²) in [6, 6.07) is 17.4. The van der Waals surface area contributed by atoms with Gasteiger partial charge in [0.15, 0.2) is 0 Å². The molecule has 1 aromatic heterocycles. The van der Waals surface area contributed by atoms with Gasteiger partial charge >= 0.3 is 5.97 Å². The summed E-state index contributed by atoms with van der Waals surface area (Å²) < 4.78 is 0. The number of hydrogen-bond donors (Lipinski definition) is 3. The smallest absolute Gasteiger partial charge is 0.336 e. The number of carboxylic acid groups (broad SMARTS) is 1. The fraction of sp³-hybridized carbons (Fsp3) is 0.273. The lowest BCUT2D eigenvalue weighted by Gasteiger charge is -2.23. The van der Waals surface area contributed by atoms with Gasteiger partial charge in [-0.05, 0) is 48.2 Å². The second-order valence-corrected chi connectivity index (χ2v) is 7.15. The quantitative estimate of drug-likeness (QED) is 0.611. The molecule has 0 aliphatic carbocycles. The average Bonchev–Trinajstić information content (AvgIpc) is 3.37. The van der Waals surface area contributed by atoms with Gasteiger partial charge in [0, 0.05) is 6.54 Å². The fourth-order valence-electron chi connectivity index (χ4n) is 3.93. The van der Waals surface area contributed by atoms with Gasteiger partial charge in [0.25, 0.3) is 0 Å². The monoisotopic (exact) mass is 377 g/mol. The lowest BCUT2D eigenvalue weighted by molar-refractivity contribution is 0.0697. The van der Waals surface area contributed by atoms with Gasteiger partial charge < -0.3 is 10.2 Å². The third-order valence-corrected chi connectivity index (χ3v) is 5.33. The predicted molar refractivity (Wildman–Crippen MR) is 106 cm³/mol. The molecule has 1 aliphatic heterocycles. The van der Waals surface area contributed by atoms with E-state index in [4.69, 9.17) is 0 Å². The number of aromatic amines is 1. The van der Waals surface area contributed by atoms with Crippen LogP contribution >= 0.6 is 0 Å². The first-order chi connectivity index (χ1) is 13.7. The number of likely N-dealkylation sites (tertiary alicyclic amines) is 1. The van der Waals surface area contributed by atoms with Crippen LogP contribution in [-0.2, 0) is 13.2 Å². The number of nitrogens with one attached hydrogen (secondary N) is 1. The number of aliphatic hydroxyl groups is 1. The molecule has 1 aliphatic rings. The molecule has 4 rings (SSSR count). The molecule has 6 heteroatoms. The van der Waals surface area contributed by atoms with Crippen molar-refractivity contribution in [3.8, 4) is 11.1 Å². The summed E-state index contributed by atoms with van der Waals surface area (Å²) >= 11 is 0. The van der Waals surface area contributed by atoms with Gasteiger partial charge in [-0.25, -0.2) is 4.79 Å². The van der Waals surface area contributed by atoms with Crippen molar-refractivity contribution in [3.63, 3.8) is 0 Å². The van der Waals surface area contributed by atoms with E-state index in [2.05, 4.69) is 27.2 Å². The van der Waals surface area contributed by atoms with E-state index in [-0.39, 0.29) is 12.6 Å². The van der Waals surface area contributed by atoms with Gasteiger partial charge in [0.2, 0.25) is 0 Å². The Morgan fingerprint density at radius 2 is 1.96 bits per heavy atom. The van der Waals surface area contributed by atoms with E-state index < -0.39 is 5.97 Å². The highest BCUT2D eigenvalue weighted by molar-refractivity contribution is 5.95. The molecule has 0 bridgehead atoms. The van der Waals surface area contributed by atoms with Crippen LogP contribution in [0.2, 0.25) is 0 Å². The minimum atomic E-state index is -0.916. The minimum absolute atomic E-state index is 0.0288. The van der Waals surface area contributed by atoms with E-state index in [1.165, 1.54) is 5.56 Å². The first-order valence-electron chi connectivity index (χ1n) is 9.46. The van der Waals surface area contributed by atoms with E-state index >= 15 is 0 Å². The van der Waals surface area contributed by atoms with Crippen LogP contribution in [0.1, 0.15) is 46.2 Å². The van der Waals surface area contributed by atoms with Crippen LogP contribution in [0.15, 0.2) is 54.6 Å². The summed E-state index contributed by atoms with van der Waals surface area (Å²) in [7, 11) is 0. The molecule has 0 saturated carbocycles. The lowest BCUT2D eigenvalue weighted by atomic mass is 9.98. The van der Waals surface area contributed by atoms with Crippen molar-refractivity contribution in [1.82, 2.24) is 15.1 Å². The van der Waals surface area contributed by atoms with Crippen LogP contribution in [0, 0.1) is 0 Å². The summed E-state index contributed by atoms with van der Waals surface area (Å²) in [6.45, 7) is 1.79. The standard InChI is InChI=1S/C22H23N3O3/c26-14-17-12-20(24-23-17)21-6-3-11-25(21)13-15-7-9-16(10-8-15)18-4-1-2-5-19(18)22(27)28/h1-2,4-5,7-10,12,21,26H,3,6,11,13-14H2,(H,23,24)(H,27,28)/t21-/m0/s1. The van der Waals surface area contributed by atoms with Crippen molar-refractivity contribution in [2.45, 2.75) is 32.0 Å². The molecule has 1 atom stereocenters. The molecule has 2 heterocycles. The molecule has 0 radical (unpaired) electrons. The first-order valence-corrected chi connectivity index (χ1v) is 9.46. The molecule has 144 valence electrons. The number of aromatic carboxylic acids is 1. The van der Waals surface area contributed by atoms with Gasteiger partial charge in [0.05, 0.1) is 29.6 Å². The van der Waals surface area contributed by atoms with Crippen molar-refractivity contribution < 1.29 is 15.0 Å². The van der Waals surface area contributed by atoms with Gasteiger partial charge in [-0.1, -0.05) is 42.5 Å². The Morgan fingerprint density at radius 3 is 2.68 bits per heavy atom. The number of hydrogen-bond acceptors (Lipinski definition) is 4. The van der Waals surface area contributed by atoms with Gasteiger partial charge in [-0.3, -0.25) is 10.00 Å². The second-order valence-electron chi connectivity index (χ2n) is 7.15. The first kappa shape index (κ1) is 18.4. The molecule has 0 spiro atoms. The van der Waals surface area contributed by atoms with Gasteiger partial charge in [-0.2, -0.15) is 5.10 Å². The summed E-state index contributed by atoms with van der Waals surface area (Å²) in [5.41, 5.74) is 4.85. The third-order valence-electron chi connectivity index (χ3n) is 5.33. The maximum atomic E-state index is 11.5. The van der Waals surface area contributed by atoms with Crippen molar-refractivity contribution in [2.24, 2.45) is 0 Å². The summed E-state index contributed by atoms with van der Waals surface area (Å²) in [5, 5.41) is 25.9. The number of rotatable bonds is 6. The number of H-pyrrole nitrogens is 1. The number of aromatic nitrogens is 2. The Hall–Kier alpha value is -2.96. The zero-order valence-corrected chi connectivity index (χ0v) is 15.5. The Kier molecular flexibility index (Phi) is 5.23. The highest BCUT2D eigenvalue weighted by Gasteiger charge is 2.28. The SMILES string of the molecule is O=C(O)c1ccccc1-c1ccc(CN2CCC[C@H]2c2cc(CO)[nH]n2)cc1. The Morgan fingerprint density at radius 1 is 1.18 bits per heavy atom. The van der Waals surface area contributed by atoms with Crippen LogP contribution in [0.3, 0.4) is 0 Å². The molecule has 1 fully saturated rings. The molecular weight excluding hydrogens is 354 g/mol. The molecule has 28 heavy (non-hydrogen) atoms. The zero-order valence-electron chi connectivity index (χ0n) is 15.5. The van der Waals surface area contributed by atoms with E-state index in [0.717, 1.165) is 48.4 Å². The van der Waals surface area contributed by atoms with E-state index in [1.807, 2.05) is 30.3 Å². The lowest BCUT2D eigenvalue weighted by Crippen LogP contribution is -2.23. The molecule has 1 saturated heterocycles. The molecular formula is C22H23N3O3. The van der Waals surface area contributed by atoms with Gasteiger partial charge in [0.1, 0.15) is 0 Å². The van der Waals surface area contributed by atoms with Crippen LogP contribution in [0.4, 0.5) is 0 Å². The minimum Gasteiger partial charge on any atom is -0.478 e. The highest BCUT2D eigenvalue weighted by Crippen LogP contribution is 2.33. The molecule has 3 aromatic rings. The second kappa shape index (κ2) is 7.96. The Bertz CT molecular complexity index is 965. The Labute approximate surface area is 163 Å². The normalized spacial score (nSPS) is 17.1. The molecule has 0 amide bonds. The van der Waals surface area contributed by atoms with Crippen LogP contribution in [0.25, 0.3) is 11.1 Å². The van der Waals surface area contributed by atoms with Gasteiger partial charge in [-0.15, -0.1) is 0 Å². The number of nitrogens with zero attached hydrogens (tertiary/aromatic N) is 2. The molecule has 0 unspecified atom stereocenters. The maximum Gasteiger partial charge on any atom is 0.336 e. The highest BCUT2D eigenvalue weighted by atomic mass is 16.4. The van der Waals surface area contributed by atoms with Crippen molar-refractivity contribution in [1.29, 1.82) is 0 Å². The van der Waals surface area contributed by atoms with Crippen molar-refractivity contribution in [2.75, 3.05) is 6.54 Å². The topological polar surface area (TPSA) is 89.5 Å².